The molecule has 0 aliphatic heterocycles. The van der Waals surface area contributed by atoms with Crippen molar-refractivity contribution in [2.45, 2.75) is 40.0 Å². The predicted octanol–water partition coefficient (Wildman–Crippen LogP) is 1.65. The van der Waals surface area contributed by atoms with Gasteiger partial charge in [0.15, 0.2) is 0 Å². The van der Waals surface area contributed by atoms with Crippen LogP contribution in [0.4, 0.5) is 0 Å². The van der Waals surface area contributed by atoms with Crippen LogP contribution < -0.4 is 5.32 Å². The van der Waals surface area contributed by atoms with Crippen LogP contribution >= 0.6 is 0 Å². The fraction of sp³-hybridized carbons (Fsp3) is 0.818. The summed E-state index contributed by atoms with van der Waals surface area (Å²) in [7, 11) is 0. The average Bonchev–Trinajstić information content (AvgIpc) is 2.21. The molecule has 15 heavy (non-hydrogen) atoms. The average molecular weight is 215 g/mol. The number of carbonyl (C=O) groups excluding carboxylic acids is 1. The Morgan fingerprint density at radius 1 is 1.27 bits per heavy atom. The van der Waals surface area contributed by atoms with Gasteiger partial charge in [0.05, 0.1) is 5.92 Å². The Balaban J connectivity index is 3.77. The number of amides is 1. The first-order chi connectivity index (χ1) is 6.99. The molecule has 4 nitrogen and oxygen atoms in total. The van der Waals surface area contributed by atoms with Gasteiger partial charge < -0.3 is 10.4 Å². The second kappa shape index (κ2) is 7.26. The van der Waals surface area contributed by atoms with Gasteiger partial charge in [-0.15, -0.1) is 0 Å². The minimum Gasteiger partial charge on any atom is -0.481 e. The first-order valence-corrected chi connectivity index (χ1v) is 5.49. The van der Waals surface area contributed by atoms with Crippen molar-refractivity contribution in [3.05, 3.63) is 0 Å². The SMILES string of the molecule is CCCCC(C)C(=O)NCC(C)C(=O)O. The molecule has 1 amide bonds. The Morgan fingerprint density at radius 2 is 1.87 bits per heavy atom. The van der Waals surface area contributed by atoms with E-state index in [4.69, 9.17) is 5.11 Å². The highest BCUT2D eigenvalue weighted by Gasteiger charge is 2.15. The van der Waals surface area contributed by atoms with Crippen molar-refractivity contribution in [3.63, 3.8) is 0 Å². The smallest absolute Gasteiger partial charge is 0.308 e. The number of unbranched alkanes of at least 4 members (excludes halogenated alkanes) is 1. The molecular formula is C11H21NO3. The van der Waals surface area contributed by atoms with Gasteiger partial charge in [-0.25, -0.2) is 0 Å². The van der Waals surface area contributed by atoms with Crippen LogP contribution in [0.1, 0.15) is 40.0 Å². The van der Waals surface area contributed by atoms with E-state index in [1.165, 1.54) is 0 Å². The van der Waals surface area contributed by atoms with Crippen LogP contribution in [-0.4, -0.2) is 23.5 Å². The molecule has 0 aliphatic rings. The van der Waals surface area contributed by atoms with E-state index in [0.29, 0.717) is 0 Å². The summed E-state index contributed by atoms with van der Waals surface area (Å²) in [5.74, 6) is -1.47. The zero-order chi connectivity index (χ0) is 11.8. The standard InChI is InChI=1S/C11H21NO3/c1-4-5-6-8(2)10(13)12-7-9(3)11(14)15/h8-9H,4-7H2,1-3H3,(H,12,13)(H,14,15). The number of carboxylic acids is 1. The van der Waals surface area contributed by atoms with Gasteiger partial charge in [0.1, 0.15) is 0 Å². The molecule has 0 rings (SSSR count). The van der Waals surface area contributed by atoms with Gasteiger partial charge in [-0.1, -0.05) is 33.6 Å². The molecule has 4 heteroatoms. The highest BCUT2D eigenvalue weighted by atomic mass is 16.4. The summed E-state index contributed by atoms with van der Waals surface area (Å²) in [5.41, 5.74) is 0. The molecule has 0 radical (unpaired) electrons. The monoisotopic (exact) mass is 215 g/mol. The second-order valence-corrected chi connectivity index (χ2v) is 4.03. The van der Waals surface area contributed by atoms with E-state index in [0.717, 1.165) is 19.3 Å². The third-order valence-corrected chi connectivity index (χ3v) is 2.44. The summed E-state index contributed by atoms with van der Waals surface area (Å²) >= 11 is 0. The van der Waals surface area contributed by atoms with Gasteiger partial charge in [-0.3, -0.25) is 9.59 Å². The number of rotatable bonds is 7. The quantitative estimate of drug-likeness (QED) is 0.678. The lowest BCUT2D eigenvalue weighted by molar-refractivity contribution is -0.141. The summed E-state index contributed by atoms with van der Waals surface area (Å²) in [4.78, 5) is 22.0. The molecule has 0 fully saturated rings. The Morgan fingerprint density at radius 3 is 2.33 bits per heavy atom. The summed E-state index contributed by atoms with van der Waals surface area (Å²) < 4.78 is 0. The molecule has 0 bridgehead atoms. The fourth-order valence-corrected chi connectivity index (χ4v) is 1.16. The van der Waals surface area contributed by atoms with Gasteiger partial charge in [0.2, 0.25) is 5.91 Å². The molecule has 0 aliphatic carbocycles. The predicted molar refractivity (Wildman–Crippen MR) is 58.5 cm³/mol. The van der Waals surface area contributed by atoms with Crippen LogP contribution in [0.25, 0.3) is 0 Å². The van der Waals surface area contributed by atoms with Crippen molar-refractivity contribution in [1.29, 1.82) is 0 Å². The lowest BCUT2D eigenvalue weighted by Crippen LogP contribution is -2.34. The molecule has 0 aromatic heterocycles. The topological polar surface area (TPSA) is 66.4 Å². The lowest BCUT2D eigenvalue weighted by Gasteiger charge is -2.13. The normalized spacial score (nSPS) is 14.3. The maximum atomic E-state index is 11.5. The van der Waals surface area contributed by atoms with Crippen LogP contribution in [0.15, 0.2) is 0 Å². The van der Waals surface area contributed by atoms with Gasteiger partial charge in [0.25, 0.3) is 0 Å². The Bertz CT molecular complexity index is 216. The summed E-state index contributed by atoms with van der Waals surface area (Å²) in [5, 5.41) is 11.3. The van der Waals surface area contributed by atoms with Crippen molar-refractivity contribution in [3.8, 4) is 0 Å². The van der Waals surface area contributed by atoms with Crippen LogP contribution in [0.5, 0.6) is 0 Å². The second-order valence-electron chi connectivity index (χ2n) is 4.03. The van der Waals surface area contributed by atoms with E-state index in [1.807, 2.05) is 6.92 Å². The zero-order valence-corrected chi connectivity index (χ0v) is 9.75. The molecule has 0 saturated carbocycles. The van der Waals surface area contributed by atoms with Crippen molar-refractivity contribution in [1.82, 2.24) is 5.32 Å². The van der Waals surface area contributed by atoms with Gasteiger partial charge in [-0.2, -0.15) is 0 Å². The highest BCUT2D eigenvalue weighted by molar-refractivity contribution is 5.79. The van der Waals surface area contributed by atoms with Gasteiger partial charge in [-0.05, 0) is 6.42 Å². The van der Waals surface area contributed by atoms with Crippen molar-refractivity contribution in [2.75, 3.05) is 6.54 Å². The number of carbonyl (C=O) groups is 2. The molecule has 88 valence electrons. The van der Waals surface area contributed by atoms with Crippen LogP contribution in [0.3, 0.4) is 0 Å². The van der Waals surface area contributed by atoms with E-state index in [2.05, 4.69) is 12.2 Å². The minimum atomic E-state index is -0.878. The molecule has 0 aromatic rings. The third-order valence-electron chi connectivity index (χ3n) is 2.44. The molecule has 2 N–H and O–H groups in total. The maximum Gasteiger partial charge on any atom is 0.308 e. The third kappa shape index (κ3) is 6.10. The Kier molecular flexibility index (Phi) is 6.75. The van der Waals surface area contributed by atoms with Crippen molar-refractivity contribution in [2.24, 2.45) is 11.8 Å². The highest BCUT2D eigenvalue weighted by Crippen LogP contribution is 2.07. The molecule has 0 aromatic carbocycles. The fourth-order valence-electron chi connectivity index (χ4n) is 1.16. The van der Waals surface area contributed by atoms with E-state index in [1.54, 1.807) is 6.92 Å². The van der Waals surface area contributed by atoms with Crippen molar-refractivity contribution >= 4 is 11.9 Å². The summed E-state index contributed by atoms with van der Waals surface area (Å²) in [6.07, 6.45) is 2.97. The number of hydrogen-bond acceptors (Lipinski definition) is 2. The number of aliphatic carboxylic acids is 1. The van der Waals surface area contributed by atoms with E-state index in [-0.39, 0.29) is 18.4 Å². The first-order valence-electron chi connectivity index (χ1n) is 5.49. The van der Waals surface area contributed by atoms with Crippen molar-refractivity contribution < 1.29 is 14.7 Å². The number of nitrogens with one attached hydrogen (secondary N) is 1. The summed E-state index contributed by atoms with van der Waals surface area (Å²) in [6, 6.07) is 0. The molecule has 2 atom stereocenters. The van der Waals surface area contributed by atoms with Gasteiger partial charge in [0, 0.05) is 12.5 Å². The maximum absolute atomic E-state index is 11.5. The van der Waals surface area contributed by atoms with E-state index in [9.17, 15) is 9.59 Å². The van der Waals surface area contributed by atoms with Crippen LogP contribution in [-0.2, 0) is 9.59 Å². The summed E-state index contributed by atoms with van der Waals surface area (Å²) in [6.45, 7) is 5.75. The largest absolute Gasteiger partial charge is 0.481 e. The lowest BCUT2D eigenvalue weighted by atomic mass is 10.0. The van der Waals surface area contributed by atoms with E-state index < -0.39 is 11.9 Å². The molecule has 0 spiro atoms. The molecule has 2 unspecified atom stereocenters. The van der Waals surface area contributed by atoms with Crippen LogP contribution in [0, 0.1) is 11.8 Å². The van der Waals surface area contributed by atoms with Gasteiger partial charge >= 0.3 is 5.97 Å². The molecule has 0 saturated heterocycles. The number of carboxylic acid groups (broad SMARTS) is 1. The molecule has 0 heterocycles. The first kappa shape index (κ1) is 13.9. The number of hydrogen-bond donors (Lipinski definition) is 2. The Labute approximate surface area is 91.1 Å². The van der Waals surface area contributed by atoms with Crippen LogP contribution in [0.2, 0.25) is 0 Å². The minimum absolute atomic E-state index is 0.0223. The zero-order valence-electron chi connectivity index (χ0n) is 9.75. The van der Waals surface area contributed by atoms with E-state index >= 15 is 0 Å². The Hall–Kier alpha value is -1.06. The molecular weight excluding hydrogens is 194 g/mol.